The van der Waals surface area contributed by atoms with Crippen molar-refractivity contribution >= 4 is 24.7 Å². The van der Waals surface area contributed by atoms with Gasteiger partial charge in [0.1, 0.15) is 13.7 Å². The number of halogens is 1. The SMILES string of the molecule is [B]c1cc(N)c(N)cc1F. The molecule has 0 amide bonds. The van der Waals surface area contributed by atoms with Crippen LogP contribution in [0.2, 0.25) is 0 Å². The Morgan fingerprint density at radius 3 is 2.20 bits per heavy atom. The van der Waals surface area contributed by atoms with Gasteiger partial charge in [-0.1, -0.05) is 5.46 Å². The average Bonchev–Trinajstić information content (AvgIpc) is 1.84. The highest BCUT2D eigenvalue weighted by molar-refractivity contribution is 6.33. The van der Waals surface area contributed by atoms with E-state index in [1.54, 1.807) is 0 Å². The van der Waals surface area contributed by atoms with Crippen molar-refractivity contribution in [3.8, 4) is 0 Å². The van der Waals surface area contributed by atoms with Gasteiger partial charge in [0.05, 0.1) is 11.4 Å². The maximum absolute atomic E-state index is 12.5. The molecule has 4 heteroatoms. The molecule has 0 fully saturated rings. The molecule has 1 aromatic rings. The van der Waals surface area contributed by atoms with E-state index in [0.29, 0.717) is 5.69 Å². The van der Waals surface area contributed by atoms with Gasteiger partial charge in [0.15, 0.2) is 0 Å². The van der Waals surface area contributed by atoms with Crippen LogP contribution in [0.1, 0.15) is 0 Å². The van der Waals surface area contributed by atoms with Crippen molar-refractivity contribution in [3.05, 3.63) is 17.9 Å². The van der Waals surface area contributed by atoms with E-state index in [4.69, 9.17) is 19.3 Å². The third-order valence-corrected chi connectivity index (χ3v) is 1.20. The van der Waals surface area contributed by atoms with Crippen molar-refractivity contribution in [1.29, 1.82) is 0 Å². The molecule has 10 heavy (non-hydrogen) atoms. The van der Waals surface area contributed by atoms with Crippen LogP contribution < -0.4 is 16.9 Å². The van der Waals surface area contributed by atoms with Gasteiger partial charge in [-0.2, -0.15) is 0 Å². The van der Waals surface area contributed by atoms with Crippen molar-refractivity contribution < 1.29 is 4.39 Å². The molecule has 0 spiro atoms. The number of nitrogen functional groups attached to an aromatic ring is 2. The summed E-state index contributed by atoms with van der Waals surface area (Å²) in [4.78, 5) is 0. The van der Waals surface area contributed by atoms with Crippen LogP contribution in [-0.2, 0) is 0 Å². The van der Waals surface area contributed by atoms with Crippen molar-refractivity contribution in [3.63, 3.8) is 0 Å². The molecule has 1 aromatic carbocycles. The topological polar surface area (TPSA) is 52.0 Å². The molecule has 0 saturated heterocycles. The van der Waals surface area contributed by atoms with Crippen LogP contribution in [0.15, 0.2) is 12.1 Å². The zero-order valence-electron chi connectivity index (χ0n) is 5.26. The maximum Gasteiger partial charge on any atom is 0.118 e. The molecule has 2 radical (unpaired) electrons. The second-order valence-corrected chi connectivity index (χ2v) is 2.00. The molecule has 0 atom stereocenters. The Kier molecular flexibility index (Phi) is 1.53. The minimum atomic E-state index is -0.535. The van der Waals surface area contributed by atoms with Gasteiger partial charge in [-0.25, -0.2) is 4.39 Å². The standard InChI is InChI=1S/C6H6BFN2/c7-3-1-5(9)6(10)2-4(3)8/h1-2H,9-10H2. The van der Waals surface area contributed by atoms with Gasteiger partial charge in [-0.3, -0.25) is 0 Å². The third-order valence-electron chi connectivity index (χ3n) is 1.20. The summed E-state index contributed by atoms with van der Waals surface area (Å²) in [7, 11) is 5.18. The Bertz CT molecular complexity index is 212. The van der Waals surface area contributed by atoms with Gasteiger partial charge in [-0.05, 0) is 12.1 Å². The average molecular weight is 136 g/mol. The molecule has 0 bridgehead atoms. The summed E-state index contributed by atoms with van der Waals surface area (Å²) in [6, 6.07) is 2.40. The number of nitrogens with two attached hydrogens (primary N) is 2. The summed E-state index contributed by atoms with van der Waals surface area (Å²) in [6.45, 7) is 0. The minimum Gasteiger partial charge on any atom is -0.397 e. The Labute approximate surface area is 59.4 Å². The van der Waals surface area contributed by atoms with Crippen LogP contribution >= 0.6 is 0 Å². The number of benzene rings is 1. The first kappa shape index (κ1) is 6.93. The molecule has 0 aromatic heterocycles. The van der Waals surface area contributed by atoms with Gasteiger partial charge >= 0.3 is 0 Å². The van der Waals surface area contributed by atoms with E-state index in [-0.39, 0.29) is 11.2 Å². The van der Waals surface area contributed by atoms with E-state index >= 15 is 0 Å². The zero-order chi connectivity index (χ0) is 7.72. The van der Waals surface area contributed by atoms with E-state index in [1.165, 1.54) is 6.07 Å². The lowest BCUT2D eigenvalue weighted by Gasteiger charge is -2.01. The lowest BCUT2D eigenvalue weighted by molar-refractivity contribution is 0.637. The number of hydrogen-bond acceptors (Lipinski definition) is 2. The molecule has 0 aliphatic heterocycles. The van der Waals surface area contributed by atoms with Crippen LogP contribution in [0.4, 0.5) is 15.8 Å². The predicted octanol–water partition coefficient (Wildman–Crippen LogP) is -0.216. The summed E-state index contributed by atoms with van der Waals surface area (Å²) in [5.41, 5.74) is 11.1. The van der Waals surface area contributed by atoms with Crippen LogP contribution in [0.3, 0.4) is 0 Å². The van der Waals surface area contributed by atoms with Crippen molar-refractivity contribution in [2.75, 3.05) is 11.5 Å². The first-order valence-corrected chi connectivity index (χ1v) is 2.71. The Hall–Kier alpha value is -1.19. The summed E-state index contributed by atoms with van der Waals surface area (Å²) in [5.74, 6) is -0.535. The molecule has 2 nitrogen and oxygen atoms in total. The first-order valence-electron chi connectivity index (χ1n) is 2.71. The fourth-order valence-corrected chi connectivity index (χ4v) is 0.623. The lowest BCUT2D eigenvalue weighted by atomic mass is 9.95. The predicted molar refractivity (Wildman–Crippen MR) is 40.6 cm³/mol. The van der Waals surface area contributed by atoms with Gasteiger partial charge in [0, 0.05) is 0 Å². The maximum atomic E-state index is 12.5. The third kappa shape index (κ3) is 1.05. The molecule has 50 valence electrons. The normalized spacial score (nSPS) is 9.70. The monoisotopic (exact) mass is 136 g/mol. The second-order valence-electron chi connectivity index (χ2n) is 2.00. The second kappa shape index (κ2) is 2.21. The molecule has 0 heterocycles. The van der Waals surface area contributed by atoms with Crippen LogP contribution in [-0.4, -0.2) is 7.85 Å². The molecule has 0 aliphatic rings. The van der Waals surface area contributed by atoms with E-state index in [9.17, 15) is 4.39 Å². The van der Waals surface area contributed by atoms with E-state index in [0.717, 1.165) is 6.07 Å². The molecule has 1 rings (SSSR count). The van der Waals surface area contributed by atoms with Gasteiger partial charge in [0.25, 0.3) is 0 Å². The fraction of sp³-hybridized carbons (Fsp3) is 0. The molecule has 4 N–H and O–H groups in total. The summed E-state index contributed by atoms with van der Waals surface area (Å²) in [6.07, 6.45) is 0. The van der Waals surface area contributed by atoms with Gasteiger partial charge in [-0.15, -0.1) is 0 Å². The van der Waals surface area contributed by atoms with E-state index in [1.807, 2.05) is 0 Å². The lowest BCUT2D eigenvalue weighted by Crippen LogP contribution is -2.11. The summed E-state index contributed by atoms with van der Waals surface area (Å²) in [5, 5.41) is 0. The molecule has 0 aliphatic carbocycles. The molecule has 0 saturated carbocycles. The molecular formula is C6H6BFN2. The minimum absolute atomic E-state index is 0.0201. The van der Waals surface area contributed by atoms with Crippen LogP contribution in [0.5, 0.6) is 0 Å². The smallest absolute Gasteiger partial charge is 0.118 e. The largest absolute Gasteiger partial charge is 0.397 e. The summed E-state index contributed by atoms with van der Waals surface area (Å²) < 4.78 is 12.5. The number of rotatable bonds is 0. The zero-order valence-corrected chi connectivity index (χ0v) is 5.26. The Morgan fingerprint density at radius 2 is 1.70 bits per heavy atom. The summed E-state index contributed by atoms with van der Waals surface area (Å²) >= 11 is 0. The number of anilines is 2. The van der Waals surface area contributed by atoms with Gasteiger partial charge in [0.2, 0.25) is 0 Å². The van der Waals surface area contributed by atoms with Crippen molar-refractivity contribution in [2.24, 2.45) is 0 Å². The van der Waals surface area contributed by atoms with Crippen molar-refractivity contribution in [2.45, 2.75) is 0 Å². The first-order chi connectivity index (χ1) is 4.61. The van der Waals surface area contributed by atoms with Crippen LogP contribution in [0, 0.1) is 5.82 Å². The molecular weight excluding hydrogens is 130 g/mol. The fourth-order valence-electron chi connectivity index (χ4n) is 0.623. The molecule has 0 unspecified atom stereocenters. The van der Waals surface area contributed by atoms with Gasteiger partial charge < -0.3 is 11.5 Å². The highest BCUT2D eigenvalue weighted by atomic mass is 19.1. The van der Waals surface area contributed by atoms with Crippen molar-refractivity contribution in [1.82, 2.24) is 0 Å². The van der Waals surface area contributed by atoms with Crippen LogP contribution in [0.25, 0.3) is 0 Å². The Morgan fingerprint density at radius 1 is 1.20 bits per heavy atom. The number of hydrogen-bond donors (Lipinski definition) is 2. The highest BCUT2D eigenvalue weighted by Crippen LogP contribution is 2.12. The van der Waals surface area contributed by atoms with E-state index < -0.39 is 5.82 Å². The highest BCUT2D eigenvalue weighted by Gasteiger charge is 1.99. The Balaban J connectivity index is 3.28. The van der Waals surface area contributed by atoms with E-state index in [2.05, 4.69) is 0 Å². The quantitative estimate of drug-likeness (QED) is 0.382.